The summed E-state index contributed by atoms with van der Waals surface area (Å²) in [7, 11) is 0.601. The maximum atomic E-state index is 4.61. The van der Waals surface area contributed by atoms with Gasteiger partial charge in [0.15, 0.2) is 0 Å². The van der Waals surface area contributed by atoms with Crippen LogP contribution in [0.3, 0.4) is 0 Å². The second-order valence-corrected chi connectivity index (χ2v) is 18.1. The van der Waals surface area contributed by atoms with Gasteiger partial charge in [0.25, 0.3) is 0 Å². The highest BCUT2D eigenvalue weighted by molar-refractivity contribution is 6.89. The van der Waals surface area contributed by atoms with Crippen LogP contribution in [0.4, 0.5) is 0 Å². The largest absolute Gasteiger partial charge is 0.402 e. The van der Waals surface area contributed by atoms with Gasteiger partial charge < -0.3 is 13.1 Å². The second kappa shape index (κ2) is 10.3. The van der Waals surface area contributed by atoms with E-state index in [9.17, 15) is 0 Å². The standard InChI is InChI=1S/C10H27NSi2.C2H8O2Si/c1-8-9-10-11(12(2,3)4)13(5,6)7;1-3-5-4-2/h8-10H2,1-7H3;5H2,1-2H3. The highest BCUT2D eigenvalue weighted by Crippen LogP contribution is 2.19. The van der Waals surface area contributed by atoms with Crippen molar-refractivity contribution in [1.82, 2.24) is 4.23 Å². The molecule has 0 rings (SSSR count). The summed E-state index contributed by atoms with van der Waals surface area (Å²) in [6.45, 7) is 18.5. The molecule has 0 fully saturated rings. The summed E-state index contributed by atoms with van der Waals surface area (Å²) >= 11 is 0. The molecule has 0 aromatic rings. The van der Waals surface area contributed by atoms with Crippen molar-refractivity contribution in [2.45, 2.75) is 59.0 Å². The first-order chi connectivity index (χ1) is 8.11. The fourth-order valence-corrected chi connectivity index (χ4v) is 12.1. The highest BCUT2D eigenvalue weighted by atomic mass is 28.4. The molecule has 0 aromatic carbocycles. The predicted molar refractivity (Wildman–Crippen MR) is 90.9 cm³/mol. The Bertz CT molecular complexity index is 175. The van der Waals surface area contributed by atoms with Crippen LogP contribution in [-0.2, 0) is 8.85 Å². The zero-order valence-electron chi connectivity index (χ0n) is 14.1. The first kappa shape index (κ1) is 20.8. The number of rotatable bonds is 7. The summed E-state index contributed by atoms with van der Waals surface area (Å²) in [5.41, 5.74) is 0. The quantitative estimate of drug-likeness (QED) is 0.675. The van der Waals surface area contributed by atoms with Gasteiger partial charge in [-0.25, -0.2) is 0 Å². The second-order valence-electron chi connectivity index (χ2n) is 6.54. The summed E-state index contributed by atoms with van der Waals surface area (Å²) in [6, 6.07) is 0. The van der Waals surface area contributed by atoms with E-state index in [4.69, 9.17) is 0 Å². The van der Waals surface area contributed by atoms with E-state index in [0.717, 1.165) is 0 Å². The Labute approximate surface area is 119 Å². The lowest BCUT2D eigenvalue weighted by atomic mass is 10.3. The predicted octanol–water partition coefficient (Wildman–Crippen LogP) is 3.04. The van der Waals surface area contributed by atoms with Gasteiger partial charge in [-0.2, -0.15) is 0 Å². The number of unbranched alkanes of at least 4 members (excludes halogenated alkanes) is 1. The molecule has 0 aliphatic heterocycles. The van der Waals surface area contributed by atoms with Crippen molar-refractivity contribution in [3.05, 3.63) is 0 Å². The maximum absolute atomic E-state index is 4.61. The molecule has 0 atom stereocenters. The van der Waals surface area contributed by atoms with Crippen LogP contribution in [0.2, 0.25) is 39.3 Å². The van der Waals surface area contributed by atoms with Crippen molar-refractivity contribution in [2.75, 3.05) is 20.8 Å². The van der Waals surface area contributed by atoms with Crippen molar-refractivity contribution in [1.29, 1.82) is 0 Å². The molecule has 0 radical (unpaired) electrons. The molecular weight excluding hydrogens is 274 g/mol. The zero-order valence-corrected chi connectivity index (χ0v) is 17.5. The fourth-order valence-electron chi connectivity index (χ4n) is 2.11. The fraction of sp³-hybridized carbons (Fsp3) is 1.00. The van der Waals surface area contributed by atoms with Crippen molar-refractivity contribution in [3.63, 3.8) is 0 Å². The highest BCUT2D eigenvalue weighted by Gasteiger charge is 2.33. The van der Waals surface area contributed by atoms with E-state index in [1.807, 2.05) is 0 Å². The summed E-state index contributed by atoms with van der Waals surface area (Å²) in [5.74, 6) is 0. The number of nitrogens with zero attached hydrogens (tertiary/aromatic N) is 1. The normalized spacial score (nSPS) is 12.3. The Morgan fingerprint density at radius 2 is 1.28 bits per heavy atom. The average molecular weight is 310 g/mol. The lowest BCUT2D eigenvalue weighted by molar-refractivity contribution is 0.309. The summed E-state index contributed by atoms with van der Waals surface area (Å²) in [4.78, 5) is 0. The van der Waals surface area contributed by atoms with Crippen LogP contribution in [0.1, 0.15) is 19.8 Å². The molecule has 0 N–H and O–H groups in total. The Balaban J connectivity index is 0. The van der Waals surface area contributed by atoms with E-state index in [1.165, 1.54) is 19.4 Å². The minimum Gasteiger partial charge on any atom is -0.402 e. The van der Waals surface area contributed by atoms with Gasteiger partial charge >= 0.3 is 10.0 Å². The van der Waals surface area contributed by atoms with E-state index in [0.29, 0.717) is 0 Å². The molecular formula is C12H35NO2Si3. The van der Waals surface area contributed by atoms with Gasteiger partial charge in [-0.3, -0.25) is 0 Å². The number of hydrogen-bond donors (Lipinski definition) is 0. The first-order valence-corrected chi connectivity index (χ1v) is 14.9. The van der Waals surface area contributed by atoms with Crippen LogP contribution in [0.5, 0.6) is 0 Å². The van der Waals surface area contributed by atoms with Gasteiger partial charge in [-0.1, -0.05) is 52.6 Å². The van der Waals surface area contributed by atoms with Gasteiger partial charge in [-0.05, 0) is 13.0 Å². The first-order valence-electron chi connectivity index (χ1n) is 6.86. The van der Waals surface area contributed by atoms with Crippen LogP contribution >= 0.6 is 0 Å². The topological polar surface area (TPSA) is 21.7 Å². The SMILES string of the molecule is CCCCN([Si](C)(C)C)[Si](C)(C)C.CO[SiH2]OC. The molecule has 0 saturated heterocycles. The van der Waals surface area contributed by atoms with E-state index >= 15 is 0 Å². The third-order valence-electron chi connectivity index (χ3n) is 2.59. The Morgan fingerprint density at radius 3 is 1.44 bits per heavy atom. The Hall–Kier alpha value is 0.531. The molecule has 112 valence electrons. The third kappa shape index (κ3) is 11.6. The zero-order chi connectivity index (χ0) is 14.8. The van der Waals surface area contributed by atoms with Crippen LogP contribution < -0.4 is 0 Å². The van der Waals surface area contributed by atoms with Crippen LogP contribution in [0.15, 0.2) is 0 Å². The minimum atomic E-state index is -1.06. The average Bonchev–Trinajstić information content (AvgIpc) is 2.16. The molecule has 0 amide bonds. The molecule has 0 aromatic heterocycles. The van der Waals surface area contributed by atoms with E-state index < -0.39 is 26.5 Å². The molecule has 0 saturated carbocycles. The lowest BCUT2D eigenvalue weighted by Crippen LogP contribution is -2.59. The van der Waals surface area contributed by atoms with Crippen LogP contribution in [-0.4, -0.2) is 51.5 Å². The minimum absolute atomic E-state index is 0.568. The van der Waals surface area contributed by atoms with Crippen molar-refractivity contribution in [2.24, 2.45) is 0 Å². The third-order valence-corrected chi connectivity index (χ3v) is 10.8. The Morgan fingerprint density at radius 1 is 0.889 bits per heavy atom. The van der Waals surface area contributed by atoms with Crippen molar-refractivity contribution >= 4 is 26.5 Å². The molecule has 0 bridgehead atoms. The molecule has 18 heavy (non-hydrogen) atoms. The smallest absolute Gasteiger partial charge is 0.303 e. The monoisotopic (exact) mass is 309 g/mol. The summed E-state index contributed by atoms with van der Waals surface area (Å²) < 4.78 is 12.1. The summed E-state index contributed by atoms with van der Waals surface area (Å²) in [6.07, 6.45) is 2.69. The molecule has 3 nitrogen and oxygen atoms in total. The van der Waals surface area contributed by atoms with Gasteiger partial charge in [0.1, 0.15) is 16.5 Å². The van der Waals surface area contributed by atoms with Gasteiger partial charge in [0.2, 0.25) is 0 Å². The molecule has 0 aliphatic carbocycles. The van der Waals surface area contributed by atoms with E-state index in [1.54, 1.807) is 14.2 Å². The van der Waals surface area contributed by atoms with Gasteiger partial charge in [0, 0.05) is 14.2 Å². The molecule has 0 spiro atoms. The molecule has 0 aliphatic rings. The van der Waals surface area contributed by atoms with Crippen molar-refractivity contribution in [3.8, 4) is 0 Å². The molecule has 0 heterocycles. The molecule has 6 heteroatoms. The Kier molecular flexibility index (Phi) is 12.0. The van der Waals surface area contributed by atoms with Crippen molar-refractivity contribution < 1.29 is 8.85 Å². The van der Waals surface area contributed by atoms with Crippen LogP contribution in [0.25, 0.3) is 0 Å². The van der Waals surface area contributed by atoms with E-state index in [2.05, 4.69) is 59.3 Å². The molecule has 0 unspecified atom stereocenters. The summed E-state index contributed by atoms with van der Waals surface area (Å²) in [5, 5.41) is 0. The van der Waals surface area contributed by atoms with Gasteiger partial charge in [0.05, 0.1) is 0 Å². The van der Waals surface area contributed by atoms with Crippen LogP contribution in [0, 0.1) is 0 Å². The lowest BCUT2D eigenvalue weighted by Gasteiger charge is -2.43. The van der Waals surface area contributed by atoms with E-state index in [-0.39, 0.29) is 0 Å². The van der Waals surface area contributed by atoms with Gasteiger partial charge in [-0.15, -0.1) is 0 Å². The number of hydrogen-bond acceptors (Lipinski definition) is 3. The maximum Gasteiger partial charge on any atom is 0.303 e.